The zero-order valence-corrected chi connectivity index (χ0v) is 17.4. The number of hydrogen-bond donors (Lipinski definition) is 1. The van der Waals surface area contributed by atoms with Crippen LogP contribution >= 0.6 is 11.3 Å². The van der Waals surface area contributed by atoms with E-state index < -0.39 is 0 Å². The summed E-state index contributed by atoms with van der Waals surface area (Å²) in [5.41, 5.74) is 0.652. The Bertz CT molecular complexity index is 895. The molecule has 0 saturated carbocycles. The van der Waals surface area contributed by atoms with Gasteiger partial charge in [-0.25, -0.2) is 0 Å². The Morgan fingerprint density at radius 3 is 2.79 bits per heavy atom. The Hall–Kier alpha value is -2.52. The molecule has 0 bridgehead atoms. The van der Waals surface area contributed by atoms with E-state index in [1.54, 1.807) is 17.4 Å². The molecule has 1 amide bonds. The third-order valence-electron chi connectivity index (χ3n) is 4.01. The van der Waals surface area contributed by atoms with Crippen LogP contribution in [0.4, 0.5) is 5.88 Å². The third-order valence-corrected chi connectivity index (χ3v) is 4.86. The molecular formula is C19H25N5O3S. The van der Waals surface area contributed by atoms with Crippen molar-refractivity contribution in [2.75, 3.05) is 18.4 Å². The number of thiophene rings is 1. The van der Waals surface area contributed by atoms with E-state index in [2.05, 4.69) is 27.6 Å². The number of hydrogen-bond acceptors (Lipinski definition) is 8. The molecule has 0 unspecified atom stereocenters. The largest absolute Gasteiger partial charge is 0.419 e. The van der Waals surface area contributed by atoms with Crippen LogP contribution in [0.5, 0.6) is 0 Å². The zero-order valence-electron chi connectivity index (χ0n) is 16.6. The molecule has 3 aromatic heterocycles. The number of rotatable bonds is 8. The van der Waals surface area contributed by atoms with Crippen molar-refractivity contribution in [2.24, 2.45) is 0 Å². The van der Waals surface area contributed by atoms with Gasteiger partial charge in [0.25, 0.3) is 5.89 Å². The van der Waals surface area contributed by atoms with E-state index >= 15 is 0 Å². The molecule has 1 N–H and O–H groups in total. The highest BCUT2D eigenvalue weighted by Gasteiger charge is 2.21. The fourth-order valence-electron chi connectivity index (χ4n) is 2.61. The van der Waals surface area contributed by atoms with Crippen molar-refractivity contribution < 1.29 is 13.7 Å². The molecule has 0 fully saturated rings. The summed E-state index contributed by atoms with van der Waals surface area (Å²) < 4.78 is 11.0. The summed E-state index contributed by atoms with van der Waals surface area (Å²) in [5, 5.41) is 16.9. The van der Waals surface area contributed by atoms with Crippen molar-refractivity contribution in [3.63, 3.8) is 0 Å². The van der Waals surface area contributed by atoms with E-state index in [0.717, 1.165) is 23.5 Å². The van der Waals surface area contributed by atoms with Crippen molar-refractivity contribution >= 4 is 23.1 Å². The highest BCUT2D eigenvalue weighted by atomic mass is 32.1. The first kappa shape index (κ1) is 20.2. The average Bonchev–Trinajstić information content (AvgIpc) is 3.35. The minimum atomic E-state index is -0.178. The molecule has 0 radical (unpaired) electrons. The fourth-order valence-corrected chi connectivity index (χ4v) is 3.25. The molecule has 0 spiro atoms. The van der Waals surface area contributed by atoms with Gasteiger partial charge in [0.1, 0.15) is 0 Å². The SMILES string of the molecule is CCCN(CC(=O)Nc1cc(C(C)(C)C)no1)Cc1nnc(-c2cccs2)o1. The number of carbonyl (C=O) groups excluding carboxylic acids is 1. The number of nitrogens with zero attached hydrogens (tertiary/aromatic N) is 4. The zero-order chi connectivity index (χ0) is 20.1. The third kappa shape index (κ3) is 5.26. The van der Waals surface area contributed by atoms with Crippen LogP contribution in [-0.4, -0.2) is 39.3 Å². The molecule has 0 aliphatic rings. The van der Waals surface area contributed by atoms with Crippen LogP contribution in [0.15, 0.2) is 32.5 Å². The van der Waals surface area contributed by atoms with Crippen LogP contribution in [0, 0.1) is 0 Å². The molecule has 0 aliphatic carbocycles. The molecule has 8 nitrogen and oxygen atoms in total. The second-order valence-corrected chi connectivity index (χ2v) is 8.51. The fraction of sp³-hybridized carbons (Fsp3) is 0.474. The maximum Gasteiger partial charge on any atom is 0.257 e. The van der Waals surface area contributed by atoms with Gasteiger partial charge in [-0.2, -0.15) is 0 Å². The van der Waals surface area contributed by atoms with Crippen LogP contribution in [0.1, 0.15) is 45.7 Å². The number of nitrogens with one attached hydrogen (secondary N) is 1. The van der Waals surface area contributed by atoms with Gasteiger partial charge in [0, 0.05) is 11.5 Å². The number of anilines is 1. The lowest BCUT2D eigenvalue weighted by Gasteiger charge is -2.18. The molecule has 3 aromatic rings. The molecule has 0 aromatic carbocycles. The summed E-state index contributed by atoms with van der Waals surface area (Å²) in [6, 6.07) is 5.63. The van der Waals surface area contributed by atoms with E-state index in [-0.39, 0.29) is 17.9 Å². The summed E-state index contributed by atoms with van der Waals surface area (Å²) in [4.78, 5) is 15.3. The summed E-state index contributed by atoms with van der Waals surface area (Å²) in [6.45, 7) is 9.49. The number of carbonyl (C=O) groups is 1. The number of aromatic nitrogens is 3. The van der Waals surface area contributed by atoms with Gasteiger partial charge in [-0.05, 0) is 24.4 Å². The second-order valence-electron chi connectivity index (χ2n) is 7.56. The predicted octanol–water partition coefficient (Wildman–Crippen LogP) is 3.93. The minimum absolute atomic E-state index is 0.140. The van der Waals surface area contributed by atoms with Gasteiger partial charge in [-0.15, -0.1) is 21.5 Å². The van der Waals surface area contributed by atoms with Crippen LogP contribution in [0.2, 0.25) is 0 Å². The lowest BCUT2D eigenvalue weighted by Crippen LogP contribution is -2.33. The van der Waals surface area contributed by atoms with Crippen LogP contribution < -0.4 is 5.32 Å². The maximum absolute atomic E-state index is 12.4. The van der Waals surface area contributed by atoms with Crippen LogP contribution in [0.3, 0.4) is 0 Å². The smallest absolute Gasteiger partial charge is 0.257 e. The Labute approximate surface area is 167 Å². The summed E-state index contributed by atoms with van der Waals surface area (Å²) in [5.74, 6) is 1.16. The average molecular weight is 404 g/mol. The molecule has 28 heavy (non-hydrogen) atoms. The minimum Gasteiger partial charge on any atom is -0.419 e. The van der Waals surface area contributed by atoms with Gasteiger partial charge in [0.15, 0.2) is 0 Å². The highest BCUT2D eigenvalue weighted by Crippen LogP contribution is 2.24. The first-order valence-corrected chi connectivity index (χ1v) is 10.1. The van der Waals surface area contributed by atoms with E-state index in [9.17, 15) is 4.79 Å². The lowest BCUT2D eigenvalue weighted by atomic mass is 9.92. The summed E-state index contributed by atoms with van der Waals surface area (Å²) in [6.07, 6.45) is 0.898. The van der Waals surface area contributed by atoms with E-state index in [1.165, 1.54) is 0 Å². The Kier molecular flexibility index (Phi) is 6.25. The van der Waals surface area contributed by atoms with Crippen LogP contribution in [-0.2, 0) is 16.8 Å². The summed E-state index contributed by atoms with van der Waals surface area (Å²) >= 11 is 1.54. The topological polar surface area (TPSA) is 97.3 Å². The van der Waals surface area contributed by atoms with Crippen molar-refractivity contribution in [3.05, 3.63) is 35.2 Å². The molecule has 0 aliphatic heterocycles. The van der Waals surface area contributed by atoms with Gasteiger partial charge >= 0.3 is 0 Å². The van der Waals surface area contributed by atoms with E-state index in [1.807, 2.05) is 43.2 Å². The van der Waals surface area contributed by atoms with Gasteiger partial charge in [-0.1, -0.05) is 38.9 Å². The molecule has 0 saturated heterocycles. The van der Waals surface area contributed by atoms with Gasteiger partial charge in [0.05, 0.1) is 23.7 Å². The molecule has 150 valence electrons. The van der Waals surface area contributed by atoms with Crippen molar-refractivity contribution in [3.8, 4) is 10.8 Å². The van der Waals surface area contributed by atoms with Gasteiger partial charge in [0.2, 0.25) is 17.7 Å². The molecular weight excluding hydrogens is 378 g/mol. The maximum atomic E-state index is 12.4. The molecule has 9 heteroatoms. The van der Waals surface area contributed by atoms with Gasteiger partial charge < -0.3 is 8.94 Å². The van der Waals surface area contributed by atoms with Gasteiger partial charge in [-0.3, -0.25) is 15.0 Å². The van der Waals surface area contributed by atoms with E-state index in [4.69, 9.17) is 8.94 Å². The Morgan fingerprint density at radius 1 is 1.32 bits per heavy atom. The Balaban J connectivity index is 1.59. The normalized spacial score (nSPS) is 11.9. The monoisotopic (exact) mass is 403 g/mol. The van der Waals surface area contributed by atoms with Crippen molar-refractivity contribution in [2.45, 2.75) is 46.1 Å². The molecule has 3 rings (SSSR count). The predicted molar refractivity (Wildman–Crippen MR) is 107 cm³/mol. The van der Waals surface area contributed by atoms with E-state index in [0.29, 0.717) is 24.2 Å². The molecule has 3 heterocycles. The first-order valence-electron chi connectivity index (χ1n) is 9.21. The lowest BCUT2D eigenvalue weighted by molar-refractivity contribution is -0.117. The standard InChI is InChI=1S/C19H25N5O3S/c1-5-8-24(12-17-21-22-18(26-17)13-7-6-9-28-13)11-15(25)20-16-10-14(23-27-16)19(2,3)4/h6-7,9-10H,5,8,11-12H2,1-4H3,(H,20,25). The van der Waals surface area contributed by atoms with Crippen molar-refractivity contribution in [1.82, 2.24) is 20.3 Å². The van der Waals surface area contributed by atoms with Crippen LogP contribution in [0.25, 0.3) is 10.8 Å². The summed E-state index contributed by atoms with van der Waals surface area (Å²) in [7, 11) is 0. The Morgan fingerprint density at radius 2 is 2.14 bits per heavy atom. The van der Waals surface area contributed by atoms with Crippen molar-refractivity contribution in [1.29, 1.82) is 0 Å². The quantitative estimate of drug-likeness (QED) is 0.608. The highest BCUT2D eigenvalue weighted by molar-refractivity contribution is 7.13. The molecule has 0 atom stereocenters. The number of amides is 1. The first-order chi connectivity index (χ1) is 13.3. The second kappa shape index (κ2) is 8.66.